The van der Waals surface area contributed by atoms with Gasteiger partial charge in [0.15, 0.2) is 0 Å². The first-order valence-electron chi connectivity index (χ1n) is 11.2. The second kappa shape index (κ2) is 10.9. The van der Waals surface area contributed by atoms with Gasteiger partial charge in [-0.15, -0.1) is 0 Å². The summed E-state index contributed by atoms with van der Waals surface area (Å²) in [6, 6.07) is 33.0. The van der Waals surface area contributed by atoms with Crippen LogP contribution in [0.5, 0.6) is 0 Å². The highest BCUT2D eigenvalue weighted by Gasteiger charge is 2.37. The van der Waals surface area contributed by atoms with Gasteiger partial charge in [-0.1, -0.05) is 116 Å². The lowest BCUT2D eigenvalue weighted by Crippen LogP contribution is -2.38. The molecular weight excluding hydrogens is 426 g/mol. The highest BCUT2D eigenvalue weighted by Crippen LogP contribution is 2.41. The van der Waals surface area contributed by atoms with Crippen LogP contribution in [-0.2, 0) is 5.54 Å². The molecule has 4 heteroatoms. The average Bonchev–Trinajstić information content (AvgIpc) is 2.85. The second-order valence-electron chi connectivity index (χ2n) is 7.58. The molecule has 1 heterocycles. The Balaban J connectivity index is 0.00000149. The summed E-state index contributed by atoms with van der Waals surface area (Å²) >= 11 is 6.50. The van der Waals surface area contributed by atoms with Crippen molar-refractivity contribution in [2.24, 2.45) is 0 Å². The predicted octanol–water partition coefficient (Wildman–Crippen LogP) is 7.86. The van der Waals surface area contributed by atoms with Crippen LogP contribution >= 0.6 is 11.6 Å². The maximum absolute atomic E-state index is 8.34. The molecule has 0 aliphatic heterocycles. The van der Waals surface area contributed by atoms with Crippen molar-refractivity contribution < 1.29 is 0 Å². The van der Waals surface area contributed by atoms with Gasteiger partial charge in [0.25, 0.3) is 0 Å². The van der Waals surface area contributed by atoms with Gasteiger partial charge >= 0.3 is 0 Å². The van der Waals surface area contributed by atoms with Gasteiger partial charge in [0.2, 0.25) is 0 Å². The van der Waals surface area contributed by atoms with Crippen LogP contribution in [0.3, 0.4) is 0 Å². The van der Waals surface area contributed by atoms with Crippen LogP contribution in [0.1, 0.15) is 48.7 Å². The summed E-state index contributed by atoms with van der Waals surface area (Å²) in [4.78, 5) is 4.39. The zero-order valence-electron chi connectivity index (χ0n) is 19.6. The molecule has 0 fully saturated rings. The number of halogens is 1. The minimum atomic E-state index is -0.689. The summed E-state index contributed by atoms with van der Waals surface area (Å²) in [5.74, 6) is 0. The molecule has 4 aromatic rings. The molecule has 0 saturated heterocycles. The van der Waals surface area contributed by atoms with Crippen molar-refractivity contribution in [1.29, 1.82) is 5.41 Å². The first-order chi connectivity index (χ1) is 16.0. The van der Waals surface area contributed by atoms with Crippen molar-refractivity contribution in [3.05, 3.63) is 130 Å². The Bertz CT molecular complexity index is 1090. The van der Waals surface area contributed by atoms with E-state index in [4.69, 9.17) is 17.0 Å². The predicted molar refractivity (Wildman–Crippen MR) is 141 cm³/mol. The lowest BCUT2D eigenvalue weighted by atomic mass is 9.76. The van der Waals surface area contributed by atoms with Crippen LogP contribution in [0.4, 0.5) is 5.69 Å². The number of hydrogen-bond acceptors (Lipinski definition) is 3. The van der Waals surface area contributed by atoms with Crippen molar-refractivity contribution in [3.8, 4) is 0 Å². The lowest BCUT2D eigenvalue weighted by molar-refractivity contribution is 0.711. The zero-order valence-corrected chi connectivity index (χ0v) is 20.3. The maximum atomic E-state index is 8.34. The third kappa shape index (κ3) is 4.99. The van der Waals surface area contributed by atoms with E-state index in [1.165, 1.54) is 0 Å². The standard InChI is InChI=1S/C27H24ClN3.C2H6/c1-19-18-24(25(20(2)29)26(28)30-19)31-27(21-12-6-3-7-13-21,22-14-8-4-9-15-22)23-16-10-5-11-17-23;1-2/h3-18,29H,1-2H3,(H,30,31);1-2H3. The highest BCUT2D eigenvalue weighted by molar-refractivity contribution is 6.33. The molecule has 4 rings (SSSR count). The monoisotopic (exact) mass is 455 g/mol. The summed E-state index contributed by atoms with van der Waals surface area (Å²) < 4.78 is 0. The number of nitrogens with one attached hydrogen (secondary N) is 2. The Kier molecular flexibility index (Phi) is 8.02. The summed E-state index contributed by atoms with van der Waals surface area (Å²) in [7, 11) is 0. The van der Waals surface area contributed by atoms with E-state index in [1.54, 1.807) is 6.92 Å². The van der Waals surface area contributed by atoms with Crippen LogP contribution < -0.4 is 5.32 Å². The third-order valence-corrected chi connectivity index (χ3v) is 5.69. The van der Waals surface area contributed by atoms with E-state index < -0.39 is 5.54 Å². The number of aryl methyl sites for hydroxylation is 1. The summed E-state index contributed by atoms with van der Waals surface area (Å²) in [5.41, 5.74) is 5.12. The first-order valence-corrected chi connectivity index (χ1v) is 11.6. The summed E-state index contributed by atoms with van der Waals surface area (Å²) in [6.07, 6.45) is 0. The largest absolute Gasteiger partial charge is 0.367 e. The molecule has 0 spiro atoms. The molecule has 33 heavy (non-hydrogen) atoms. The Morgan fingerprint density at radius 3 is 1.55 bits per heavy atom. The van der Waals surface area contributed by atoms with E-state index in [2.05, 4.69) is 46.7 Å². The number of aromatic nitrogens is 1. The van der Waals surface area contributed by atoms with Crippen LogP contribution in [0.15, 0.2) is 97.1 Å². The van der Waals surface area contributed by atoms with E-state index in [0.29, 0.717) is 16.4 Å². The molecule has 3 aromatic carbocycles. The van der Waals surface area contributed by atoms with Gasteiger partial charge in [-0.3, -0.25) is 0 Å². The molecule has 3 nitrogen and oxygen atoms in total. The van der Waals surface area contributed by atoms with E-state index in [9.17, 15) is 0 Å². The first kappa shape index (κ1) is 24.2. The molecule has 0 radical (unpaired) electrons. The van der Waals surface area contributed by atoms with Gasteiger partial charge in [-0.05, 0) is 36.6 Å². The molecule has 0 saturated carbocycles. The number of rotatable bonds is 6. The van der Waals surface area contributed by atoms with E-state index in [0.717, 1.165) is 28.1 Å². The maximum Gasteiger partial charge on any atom is 0.140 e. The Labute approximate surface area is 202 Å². The van der Waals surface area contributed by atoms with Gasteiger partial charge in [0.1, 0.15) is 10.7 Å². The topological polar surface area (TPSA) is 48.8 Å². The van der Waals surface area contributed by atoms with Crippen molar-refractivity contribution in [2.45, 2.75) is 33.2 Å². The quantitative estimate of drug-likeness (QED) is 0.176. The Hall–Kier alpha value is -3.43. The Morgan fingerprint density at radius 2 is 1.18 bits per heavy atom. The molecule has 0 unspecified atom stereocenters. The normalized spacial score (nSPS) is 10.7. The molecule has 1 aromatic heterocycles. The fourth-order valence-electron chi connectivity index (χ4n) is 4.07. The van der Waals surface area contributed by atoms with Gasteiger partial charge in [0, 0.05) is 17.1 Å². The van der Waals surface area contributed by atoms with Gasteiger partial charge in [0.05, 0.1) is 5.56 Å². The fourth-order valence-corrected chi connectivity index (χ4v) is 4.45. The van der Waals surface area contributed by atoms with E-state index in [1.807, 2.05) is 81.4 Å². The minimum Gasteiger partial charge on any atom is -0.367 e. The fraction of sp³-hybridized carbons (Fsp3) is 0.172. The molecule has 2 N–H and O–H groups in total. The number of pyridine rings is 1. The third-order valence-electron chi connectivity index (χ3n) is 5.42. The van der Waals surface area contributed by atoms with Gasteiger partial charge in [-0.25, -0.2) is 4.98 Å². The highest BCUT2D eigenvalue weighted by atomic mass is 35.5. The lowest BCUT2D eigenvalue weighted by Gasteiger charge is -2.38. The van der Waals surface area contributed by atoms with E-state index >= 15 is 0 Å². The molecule has 0 bridgehead atoms. The van der Waals surface area contributed by atoms with Crippen LogP contribution in [-0.4, -0.2) is 10.7 Å². The molecule has 0 aliphatic rings. The molecule has 0 aliphatic carbocycles. The average molecular weight is 456 g/mol. The van der Waals surface area contributed by atoms with Gasteiger partial charge in [-0.2, -0.15) is 0 Å². The Morgan fingerprint density at radius 1 is 0.788 bits per heavy atom. The van der Waals surface area contributed by atoms with Crippen molar-refractivity contribution >= 4 is 23.0 Å². The van der Waals surface area contributed by atoms with Crippen molar-refractivity contribution in [3.63, 3.8) is 0 Å². The number of benzene rings is 3. The zero-order chi connectivity index (χ0) is 23.8. The van der Waals surface area contributed by atoms with Crippen LogP contribution in [0.25, 0.3) is 0 Å². The van der Waals surface area contributed by atoms with Gasteiger partial charge < -0.3 is 10.7 Å². The summed E-state index contributed by atoms with van der Waals surface area (Å²) in [5, 5.41) is 12.5. The SMILES string of the molecule is CC.CC(=N)c1c(NC(c2ccccc2)(c2ccccc2)c2ccccc2)cc(C)nc1Cl. The molecular formula is C29H30ClN3. The second-order valence-corrected chi connectivity index (χ2v) is 7.93. The molecule has 0 amide bonds. The number of anilines is 1. The van der Waals surface area contributed by atoms with E-state index in [-0.39, 0.29) is 0 Å². The van der Waals surface area contributed by atoms with Crippen LogP contribution in [0.2, 0.25) is 5.15 Å². The van der Waals surface area contributed by atoms with Crippen molar-refractivity contribution in [2.75, 3.05) is 5.32 Å². The molecule has 168 valence electrons. The minimum absolute atomic E-state index is 0.332. The van der Waals surface area contributed by atoms with Crippen molar-refractivity contribution in [1.82, 2.24) is 4.98 Å². The number of hydrogen-bond donors (Lipinski definition) is 2. The number of nitrogens with zero attached hydrogens (tertiary/aromatic N) is 1. The summed E-state index contributed by atoms with van der Waals surface area (Å²) in [6.45, 7) is 7.65. The smallest absolute Gasteiger partial charge is 0.140 e. The van der Waals surface area contributed by atoms with Crippen LogP contribution in [0, 0.1) is 12.3 Å². The molecule has 0 atom stereocenters.